The lowest BCUT2D eigenvalue weighted by Gasteiger charge is -2.19. The summed E-state index contributed by atoms with van der Waals surface area (Å²) in [6.45, 7) is 5.40. The second-order valence-corrected chi connectivity index (χ2v) is 6.68. The third-order valence-electron chi connectivity index (χ3n) is 2.75. The first-order valence-electron chi connectivity index (χ1n) is 7.06. The molecule has 1 aromatic heterocycles. The van der Waals surface area contributed by atoms with Crippen LogP contribution in [0.15, 0.2) is 29.6 Å². The van der Waals surface area contributed by atoms with Crippen molar-refractivity contribution in [2.45, 2.75) is 26.4 Å². The van der Waals surface area contributed by atoms with Crippen molar-refractivity contribution in [2.24, 2.45) is 0 Å². The molecule has 0 saturated heterocycles. The number of carbonyl (C=O) groups excluding carboxylic acids is 2. The lowest BCUT2D eigenvalue weighted by molar-refractivity contribution is 0.0635. The molecule has 6 nitrogen and oxygen atoms in total. The molecule has 1 aromatic carbocycles. The SMILES string of the molecule is CNC(=O)c1ccc(-c2nc(NC(=O)OC(C)(C)C)cs2)cc1. The van der Waals surface area contributed by atoms with Gasteiger partial charge in [0.25, 0.3) is 5.91 Å². The van der Waals surface area contributed by atoms with Crippen molar-refractivity contribution in [3.8, 4) is 10.6 Å². The van der Waals surface area contributed by atoms with Gasteiger partial charge in [-0.05, 0) is 32.9 Å². The molecule has 0 saturated carbocycles. The van der Waals surface area contributed by atoms with Crippen LogP contribution in [-0.4, -0.2) is 29.6 Å². The predicted octanol–water partition coefficient (Wildman–Crippen LogP) is 3.52. The summed E-state index contributed by atoms with van der Waals surface area (Å²) >= 11 is 1.40. The fourth-order valence-electron chi connectivity index (χ4n) is 1.78. The highest BCUT2D eigenvalue weighted by atomic mass is 32.1. The van der Waals surface area contributed by atoms with Crippen LogP contribution in [0.25, 0.3) is 10.6 Å². The van der Waals surface area contributed by atoms with E-state index in [1.165, 1.54) is 11.3 Å². The molecule has 0 bridgehead atoms. The Bertz CT molecular complexity index is 702. The summed E-state index contributed by atoms with van der Waals surface area (Å²) in [4.78, 5) is 27.6. The van der Waals surface area contributed by atoms with Gasteiger partial charge in [0.05, 0.1) is 0 Å². The van der Waals surface area contributed by atoms with Crippen molar-refractivity contribution in [2.75, 3.05) is 12.4 Å². The van der Waals surface area contributed by atoms with Gasteiger partial charge in [0, 0.05) is 23.6 Å². The lowest BCUT2D eigenvalue weighted by atomic mass is 10.1. The van der Waals surface area contributed by atoms with Gasteiger partial charge in [0.1, 0.15) is 16.4 Å². The molecule has 23 heavy (non-hydrogen) atoms. The zero-order valence-corrected chi connectivity index (χ0v) is 14.3. The third kappa shape index (κ3) is 4.79. The molecule has 0 aliphatic rings. The number of anilines is 1. The minimum Gasteiger partial charge on any atom is -0.444 e. The maximum atomic E-state index is 11.7. The van der Waals surface area contributed by atoms with E-state index in [1.807, 2.05) is 12.1 Å². The fourth-order valence-corrected chi connectivity index (χ4v) is 2.54. The van der Waals surface area contributed by atoms with Gasteiger partial charge in [-0.1, -0.05) is 12.1 Å². The van der Waals surface area contributed by atoms with E-state index in [0.717, 1.165) is 10.6 Å². The number of aromatic nitrogens is 1. The summed E-state index contributed by atoms with van der Waals surface area (Å²) in [5.74, 6) is 0.303. The Kier molecular flexibility index (Phi) is 5.00. The van der Waals surface area contributed by atoms with Crippen LogP contribution in [0.5, 0.6) is 0 Å². The van der Waals surface area contributed by atoms with Crippen molar-refractivity contribution < 1.29 is 14.3 Å². The van der Waals surface area contributed by atoms with Crippen LogP contribution < -0.4 is 10.6 Å². The molecule has 122 valence electrons. The zero-order chi connectivity index (χ0) is 17.0. The van der Waals surface area contributed by atoms with Crippen LogP contribution in [0.1, 0.15) is 31.1 Å². The van der Waals surface area contributed by atoms with E-state index in [0.29, 0.717) is 11.4 Å². The van der Waals surface area contributed by atoms with Crippen LogP contribution in [0.2, 0.25) is 0 Å². The maximum absolute atomic E-state index is 11.7. The summed E-state index contributed by atoms with van der Waals surface area (Å²) in [5.41, 5.74) is 0.901. The number of nitrogens with zero attached hydrogens (tertiary/aromatic N) is 1. The third-order valence-corrected chi connectivity index (χ3v) is 3.65. The number of ether oxygens (including phenoxy) is 1. The molecule has 0 unspecified atom stereocenters. The van der Waals surface area contributed by atoms with Crippen molar-refractivity contribution in [3.63, 3.8) is 0 Å². The molecule has 1 heterocycles. The van der Waals surface area contributed by atoms with Crippen molar-refractivity contribution >= 4 is 29.2 Å². The van der Waals surface area contributed by atoms with Crippen molar-refractivity contribution in [1.82, 2.24) is 10.3 Å². The number of hydrogen-bond acceptors (Lipinski definition) is 5. The van der Waals surface area contributed by atoms with E-state index < -0.39 is 11.7 Å². The van der Waals surface area contributed by atoms with E-state index in [1.54, 1.807) is 45.3 Å². The van der Waals surface area contributed by atoms with Crippen LogP contribution in [0.4, 0.5) is 10.6 Å². The Morgan fingerprint density at radius 2 is 1.83 bits per heavy atom. The second kappa shape index (κ2) is 6.78. The number of rotatable bonds is 3. The largest absolute Gasteiger partial charge is 0.444 e. The number of nitrogens with one attached hydrogen (secondary N) is 2. The van der Waals surface area contributed by atoms with Gasteiger partial charge in [0.15, 0.2) is 0 Å². The molecule has 0 atom stereocenters. The molecule has 2 N–H and O–H groups in total. The molecule has 0 spiro atoms. The van der Waals surface area contributed by atoms with Crippen molar-refractivity contribution in [3.05, 3.63) is 35.2 Å². The summed E-state index contributed by atoms with van der Waals surface area (Å²) < 4.78 is 5.18. The average Bonchev–Trinajstić information content (AvgIpc) is 2.93. The first kappa shape index (κ1) is 17.0. The van der Waals surface area contributed by atoms with Crippen LogP contribution in [0, 0.1) is 0 Å². The fraction of sp³-hybridized carbons (Fsp3) is 0.312. The van der Waals surface area contributed by atoms with Gasteiger partial charge in [-0.3, -0.25) is 10.1 Å². The molecular formula is C16H19N3O3S. The minimum absolute atomic E-state index is 0.136. The highest BCUT2D eigenvalue weighted by molar-refractivity contribution is 7.13. The Morgan fingerprint density at radius 3 is 2.39 bits per heavy atom. The van der Waals surface area contributed by atoms with Gasteiger partial charge in [0.2, 0.25) is 0 Å². The van der Waals surface area contributed by atoms with Crippen LogP contribution in [0.3, 0.4) is 0 Å². The molecule has 7 heteroatoms. The molecule has 0 aliphatic heterocycles. The maximum Gasteiger partial charge on any atom is 0.413 e. The highest BCUT2D eigenvalue weighted by Crippen LogP contribution is 2.26. The Hall–Kier alpha value is -2.41. The number of thiazole rings is 1. The van der Waals surface area contributed by atoms with Crippen LogP contribution >= 0.6 is 11.3 Å². The number of benzene rings is 1. The first-order valence-corrected chi connectivity index (χ1v) is 7.94. The molecule has 0 aliphatic carbocycles. The number of hydrogen-bond donors (Lipinski definition) is 2. The Balaban J connectivity index is 2.07. The molecule has 0 fully saturated rings. The Labute approximate surface area is 138 Å². The topological polar surface area (TPSA) is 80.3 Å². The molecule has 0 radical (unpaired) electrons. The van der Waals surface area contributed by atoms with E-state index in [2.05, 4.69) is 15.6 Å². The van der Waals surface area contributed by atoms with Gasteiger partial charge >= 0.3 is 6.09 Å². The van der Waals surface area contributed by atoms with E-state index >= 15 is 0 Å². The predicted molar refractivity (Wildman–Crippen MR) is 90.8 cm³/mol. The highest BCUT2D eigenvalue weighted by Gasteiger charge is 2.17. The van der Waals surface area contributed by atoms with E-state index in [-0.39, 0.29) is 5.91 Å². The molecule has 2 amide bonds. The van der Waals surface area contributed by atoms with E-state index in [4.69, 9.17) is 4.74 Å². The van der Waals surface area contributed by atoms with Gasteiger partial charge < -0.3 is 10.1 Å². The minimum atomic E-state index is -0.557. The summed E-state index contributed by atoms with van der Waals surface area (Å²) in [7, 11) is 1.59. The first-order chi connectivity index (χ1) is 10.8. The standard InChI is InChI=1S/C16H19N3O3S/c1-16(2,3)22-15(21)19-12-9-23-14(18-12)11-7-5-10(6-8-11)13(20)17-4/h5-9H,1-4H3,(H,17,20)(H,19,21). The second-order valence-electron chi connectivity index (χ2n) is 5.82. The van der Waals surface area contributed by atoms with Gasteiger partial charge in [-0.25, -0.2) is 9.78 Å². The number of carbonyl (C=O) groups is 2. The van der Waals surface area contributed by atoms with Gasteiger partial charge in [-0.15, -0.1) is 11.3 Å². The zero-order valence-electron chi connectivity index (χ0n) is 13.5. The normalized spacial score (nSPS) is 11.0. The summed E-state index contributed by atoms with van der Waals surface area (Å²) in [5, 5.41) is 7.66. The molecular weight excluding hydrogens is 314 g/mol. The van der Waals surface area contributed by atoms with Crippen LogP contribution in [-0.2, 0) is 4.74 Å². The smallest absolute Gasteiger partial charge is 0.413 e. The quantitative estimate of drug-likeness (QED) is 0.900. The Morgan fingerprint density at radius 1 is 1.17 bits per heavy atom. The average molecular weight is 333 g/mol. The lowest BCUT2D eigenvalue weighted by Crippen LogP contribution is -2.27. The van der Waals surface area contributed by atoms with Crippen molar-refractivity contribution in [1.29, 1.82) is 0 Å². The summed E-state index contributed by atoms with van der Waals surface area (Å²) in [6, 6.07) is 7.11. The summed E-state index contributed by atoms with van der Waals surface area (Å²) in [6.07, 6.45) is -0.538. The number of amides is 2. The monoisotopic (exact) mass is 333 g/mol. The van der Waals surface area contributed by atoms with Gasteiger partial charge in [-0.2, -0.15) is 0 Å². The van der Waals surface area contributed by atoms with E-state index in [9.17, 15) is 9.59 Å². The molecule has 2 rings (SSSR count). The molecule has 2 aromatic rings.